The van der Waals surface area contributed by atoms with E-state index in [0.29, 0.717) is 0 Å². The maximum atomic E-state index is 3.50. The van der Waals surface area contributed by atoms with E-state index in [1.165, 1.54) is 39.7 Å². The van der Waals surface area contributed by atoms with Crippen molar-refractivity contribution < 1.29 is 0 Å². The van der Waals surface area contributed by atoms with Crippen molar-refractivity contribution in [3.63, 3.8) is 0 Å². The zero-order valence-electron chi connectivity index (χ0n) is 12.0. The second kappa shape index (κ2) is 5.80. The summed E-state index contributed by atoms with van der Waals surface area (Å²) in [6.07, 6.45) is 2.44. The minimum atomic E-state index is 1.04. The predicted molar refractivity (Wildman–Crippen MR) is 88.5 cm³/mol. The molecule has 0 aromatic heterocycles. The summed E-state index contributed by atoms with van der Waals surface area (Å²) in [7, 11) is 2.15. The summed E-state index contributed by atoms with van der Waals surface area (Å²) in [5.74, 6) is 0. The molecule has 2 aromatic rings. The Kier molecular flexibility index (Phi) is 3.88. The average Bonchev–Trinajstić information content (AvgIpc) is 2.48. The van der Waals surface area contributed by atoms with Crippen molar-refractivity contribution in [2.45, 2.75) is 29.6 Å². The highest BCUT2D eigenvalue weighted by Crippen LogP contribution is 2.47. The van der Waals surface area contributed by atoms with Crippen LogP contribution < -0.4 is 10.2 Å². The van der Waals surface area contributed by atoms with Crippen LogP contribution >= 0.6 is 11.8 Å². The van der Waals surface area contributed by atoms with E-state index in [1.54, 1.807) is 0 Å². The molecule has 0 bridgehead atoms. The molecule has 0 saturated carbocycles. The Bertz CT molecular complexity index is 610. The zero-order chi connectivity index (χ0) is 13.9. The summed E-state index contributed by atoms with van der Waals surface area (Å²) in [5.41, 5.74) is 3.79. The Morgan fingerprint density at radius 1 is 1.05 bits per heavy atom. The van der Waals surface area contributed by atoms with Crippen LogP contribution in [0.1, 0.15) is 19.8 Å². The summed E-state index contributed by atoms with van der Waals surface area (Å²) in [6, 6.07) is 15.2. The number of nitrogens with zero attached hydrogens (tertiary/aromatic N) is 1. The largest absolute Gasteiger partial charge is 0.385 e. The maximum Gasteiger partial charge on any atom is 0.0570 e. The van der Waals surface area contributed by atoms with Gasteiger partial charge in [-0.2, -0.15) is 0 Å². The van der Waals surface area contributed by atoms with Crippen LogP contribution in [-0.2, 0) is 0 Å². The molecule has 1 heterocycles. The first-order valence-corrected chi connectivity index (χ1v) is 8.00. The molecule has 2 nitrogen and oxygen atoms in total. The Labute approximate surface area is 125 Å². The van der Waals surface area contributed by atoms with Crippen molar-refractivity contribution in [1.82, 2.24) is 0 Å². The highest BCUT2D eigenvalue weighted by Gasteiger charge is 2.20. The van der Waals surface area contributed by atoms with E-state index in [4.69, 9.17) is 0 Å². The molecular formula is C17H20N2S. The number of rotatable bonds is 4. The van der Waals surface area contributed by atoms with Gasteiger partial charge in [-0.1, -0.05) is 37.2 Å². The molecule has 0 amide bonds. The van der Waals surface area contributed by atoms with Crippen LogP contribution in [0.25, 0.3) is 0 Å². The third kappa shape index (κ3) is 2.50. The van der Waals surface area contributed by atoms with Gasteiger partial charge in [-0.25, -0.2) is 0 Å². The molecule has 3 rings (SSSR count). The lowest BCUT2D eigenvalue weighted by atomic mass is 10.2. The molecular weight excluding hydrogens is 264 g/mol. The number of benzene rings is 2. The van der Waals surface area contributed by atoms with Gasteiger partial charge in [0.25, 0.3) is 0 Å². The molecule has 0 aliphatic carbocycles. The van der Waals surface area contributed by atoms with Crippen molar-refractivity contribution in [1.29, 1.82) is 0 Å². The summed E-state index contributed by atoms with van der Waals surface area (Å²) in [6.45, 7) is 3.26. The van der Waals surface area contributed by atoms with Gasteiger partial charge in [0, 0.05) is 29.1 Å². The van der Waals surface area contributed by atoms with Crippen molar-refractivity contribution in [3.05, 3.63) is 42.5 Å². The molecule has 1 aliphatic heterocycles. The normalized spacial score (nSPS) is 12.8. The second-order valence-electron chi connectivity index (χ2n) is 5.09. The van der Waals surface area contributed by atoms with Gasteiger partial charge in [0.2, 0.25) is 0 Å². The van der Waals surface area contributed by atoms with Crippen molar-refractivity contribution in [2.75, 3.05) is 23.8 Å². The van der Waals surface area contributed by atoms with E-state index in [1.807, 2.05) is 11.8 Å². The second-order valence-corrected chi connectivity index (χ2v) is 6.18. The molecule has 0 radical (unpaired) electrons. The van der Waals surface area contributed by atoms with E-state index in [-0.39, 0.29) is 0 Å². The van der Waals surface area contributed by atoms with Crippen LogP contribution in [0.5, 0.6) is 0 Å². The lowest BCUT2D eigenvalue weighted by Crippen LogP contribution is -2.15. The first-order chi connectivity index (χ1) is 9.79. The zero-order valence-corrected chi connectivity index (χ0v) is 12.8. The van der Waals surface area contributed by atoms with E-state index >= 15 is 0 Å². The van der Waals surface area contributed by atoms with Gasteiger partial charge < -0.3 is 10.2 Å². The number of hydrogen-bond acceptors (Lipinski definition) is 3. The fourth-order valence-corrected chi connectivity index (χ4v) is 3.58. The number of hydrogen-bond donors (Lipinski definition) is 1. The molecule has 0 fully saturated rings. The molecule has 2 aromatic carbocycles. The van der Waals surface area contributed by atoms with Gasteiger partial charge >= 0.3 is 0 Å². The van der Waals surface area contributed by atoms with Crippen molar-refractivity contribution >= 4 is 28.8 Å². The van der Waals surface area contributed by atoms with Gasteiger partial charge in [-0.15, -0.1) is 0 Å². The highest BCUT2D eigenvalue weighted by atomic mass is 32.2. The fraction of sp³-hybridized carbons (Fsp3) is 0.294. The molecule has 1 aliphatic rings. The standard InChI is InChI=1S/C17H20N2S/c1-3-4-11-18-13-9-10-17-15(12-13)19(2)14-7-5-6-8-16(14)20-17/h5-10,12,18H,3-4,11H2,1-2H3. The minimum absolute atomic E-state index is 1.04. The minimum Gasteiger partial charge on any atom is -0.385 e. The molecule has 0 atom stereocenters. The number of fused-ring (bicyclic) bond motifs is 2. The number of para-hydroxylation sites is 1. The van der Waals surface area contributed by atoms with Crippen LogP contribution in [0.2, 0.25) is 0 Å². The highest BCUT2D eigenvalue weighted by molar-refractivity contribution is 7.99. The molecule has 0 unspecified atom stereocenters. The third-order valence-corrected chi connectivity index (χ3v) is 4.76. The Morgan fingerprint density at radius 2 is 1.85 bits per heavy atom. The third-order valence-electron chi connectivity index (χ3n) is 3.63. The summed E-state index contributed by atoms with van der Waals surface area (Å²) in [5, 5.41) is 3.50. The molecule has 0 spiro atoms. The van der Waals surface area contributed by atoms with Gasteiger partial charge in [-0.05, 0) is 36.8 Å². The Balaban J connectivity index is 1.88. The molecule has 20 heavy (non-hydrogen) atoms. The number of nitrogens with one attached hydrogen (secondary N) is 1. The Morgan fingerprint density at radius 3 is 2.70 bits per heavy atom. The summed E-state index contributed by atoms with van der Waals surface area (Å²) >= 11 is 1.85. The van der Waals surface area contributed by atoms with Gasteiger partial charge in [0.05, 0.1) is 11.4 Å². The van der Waals surface area contributed by atoms with Gasteiger partial charge in [0.15, 0.2) is 0 Å². The van der Waals surface area contributed by atoms with Crippen LogP contribution in [0.15, 0.2) is 52.3 Å². The first-order valence-electron chi connectivity index (χ1n) is 7.18. The number of anilines is 3. The molecule has 3 heteroatoms. The van der Waals surface area contributed by atoms with Crippen LogP contribution in [0.3, 0.4) is 0 Å². The molecule has 1 N–H and O–H groups in total. The quantitative estimate of drug-likeness (QED) is 0.783. The van der Waals surface area contributed by atoms with Crippen LogP contribution in [0.4, 0.5) is 17.1 Å². The van der Waals surface area contributed by atoms with Gasteiger partial charge in [0.1, 0.15) is 0 Å². The fourth-order valence-electron chi connectivity index (χ4n) is 2.45. The van der Waals surface area contributed by atoms with Crippen molar-refractivity contribution in [2.24, 2.45) is 0 Å². The van der Waals surface area contributed by atoms with Gasteiger partial charge in [-0.3, -0.25) is 0 Å². The monoisotopic (exact) mass is 284 g/mol. The lowest BCUT2D eigenvalue weighted by molar-refractivity contribution is 0.834. The maximum absolute atomic E-state index is 3.50. The smallest absolute Gasteiger partial charge is 0.0570 e. The topological polar surface area (TPSA) is 15.3 Å². The van der Waals surface area contributed by atoms with E-state index in [0.717, 1.165) is 6.54 Å². The van der Waals surface area contributed by atoms with E-state index in [9.17, 15) is 0 Å². The van der Waals surface area contributed by atoms with Crippen molar-refractivity contribution in [3.8, 4) is 0 Å². The molecule has 104 valence electrons. The van der Waals surface area contributed by atoms with Crippen LogP contribution in [0, 0.1) is 0 Å². The lowest BCUT2D eigenvalue weighted by Gasteiger charge is -2.29. The number of unbranched alkanes of at least 4 members (excludes halogenated alkanes) is 1. The van der Waals surface area contributed by atoms with E-state index < -0.39 is 0 Å². The summed E-state index contributed by atoms with van der Waals surface area (Å²) < 4.78 is 0. The SMILES string of the molecule is CCCCNc1ccc2c(c1)N(C)c1ccccc1S2. The summed E-state index contributed by atoms with van der Waals surface area (Å²) in [4.78, 5) is 4.94. The molecule has 0 saturated heterocycles. The van der Waals surface area contributed by atoms with Crippen LogP contribution in [-0.4, -0.2) is 13.6 Å². The predicted octanol–water partition coefficient (Wildman–Crippen LogP) is 5.13. The van der Waals surface area contributed by atoms with E-state index in [2.05, 4.69) is 66.7 Å². The Hall–Kier alpha value is -1.61. The average molecular weight is 284 g/mol. The first kappa shape index (κ1) is 13.4.